The van der Waals surface area contributed by atoms with Gasteiger partial charge in [-0.25, -0.2) is 0 Å². The molecule has 0 aliphatic rings. The Labute approximate surface area is 225 Å². The van der Waals surface area contributed by atoms with Gasteiger partial charge in [0.05, 0.1) is 12.1 Å². The lowest BCUT2D eigenvalue weighted by Crippen LogP contribution is -2.19. The van der Waals surface area contributed by atoms with Crippen molar-refractivity contribution in [3.05, 3.63) is 125 Å². The number of rotatable bonds is 9. The van der Waals surface area contributed by atoms with E-state index in [0.717, 1.165) is 16.0 Å². The number of benzene rings is 4. The molecule has 4 rings (SSSR count). The van der Waals surface area contributed by atoms with Crippen LogP contribution in [0.3, 0.4) is 0 Å². The van der Waals surface area contributed by atoms with Crippen LogP contribution in [0.1, 0.15) is 16.4 Å². The topological polar surface area (TPSA) is 67.4 Å². The van der Waals surface area contributed by atoms with Gasteiger partial charge in [-0.15, -0.1) is 11.8 Å². The van der Waals surface area contributed by atoms with Gasteiger partial charge in [0.25, 0.3) is 0 Å². The van der Waals surface area contributed by atoms with Crippen LogP contribution in [0.15, 0.2) is 114 Å². The molecule has 37 heavy (non-hydrogen) atoms. The standard InChI is InChI=1S/C30H25ClN2O3S/c1-36-27-17-16-24(20-26(27)31)33-30(35)29(22-11-6-3-7-12-22)37-25-14-8-13-23(19-25)32-28(34)18-15-21-9-4-2-5-10-21/h2-20,29H,1H3,(H,32,34)(H,33,35)/b18-15+. The number of carbonyl (C=O) groups is 2. The van der Waals surface area contributed by atoms with Gasteiger partial charge < -0.3 is 15.4 Å². The number of methoxy groups -OCH3 is 1. The first-order valence-electron chi connectivity index (χ1n) is 11.5. The van der Waals surface area contributed by atoms with E-state index in [-0.39, 0.29) is 11.8 Å². The SMILES string of the molecule is COc1ccc(NC(=O)C(Sc2cccc(NC(=O)/C=C/c3ccccc3)c2)c2ccccc2)cc1Cl. The predicted molar refractivity (Wildman–Crippen MR) is 152 cm³/mol. The van der Waals surface area contributed by atoms with Crippen LogP contribution in [0.25, 0.3) is 6.08 Å². The smallest absolute Gasteiger partial charge is 0.248 e. The van der Waals surface area contributed by atoms with E-state index in [1.807, 2.05) is 84.9 Å². The van der Waals surface area contributed by atoms with E-state index >= 15 is 0 Å². The molecule has 0 aliphatic carbocycles. The van der Waals surface area contributed by atoms with Crippen LogP contribution in [-0.2, 0) is 9.59 Å². The van der Waals surface area contributed by atoms with E-state index < -0.39 is 5.25 Å². The first-order valence-corrected chi connectivity index (χ1v) is 12.8. The summed E-state index contributed by atoms with van der Waals surface area (Å²) in [4.78, 5) is 26.7. The first kappa shape index (κ1) is 26.1. The average Bonchev–Trinajstić information content (AvgIpc) is 2.92. The number of hydrogen-bond donors (Lipinski definition) is 2. The Morgan fingerprint density at radius 1 is 0.838 bits per heavy atom. The fourth-order valence-corrected chi connectivity index (χ4v) is 4.90. The van der Waals surface area contributed by atoms with Gasteiger partial charge in [-0.2, -0.15) is 0 Å². The first-order chi connectivity index (χ1) is 18.0. The molecule has 0 fully saturated rings. The molecule has 0 saturated heterocycles. The Kier molecular flexibility index (Phi) is 9.03. The minimum absolute atomic E-state index is 0.197. The average molecular weight is 529 g/mol. The van der Waals surface area contributed by atoms with Gasteiger partial charge in [0.2, 0.25) is 11.8 Å². The molecule has 0 spiro atoms. The zero-order valence-electron chi connectivity index (χ0n) is 20.1. The van der Waals surface area contributed by atoms with E-state index in [4.69, 9.17) is 16.3 Å². The lowest BCUT2D eigenvalue weighted by atomic mass is 10.1. The Balaban J connectivity index is 1.49. The van der Waals surface area contributed by atoms with E-state index in [1.165, 1.54) is 24.9 Å². The summed E-state index contributed by atoms with van der Waals surface area (Å²) in [5.41, 5.74) is 3.01. The van der Waals surface area contributed by atoms with Crippen molar-refractivity contribution in [2.75, 3.05) is 17.7 Å². The van der Waals surface area contributed by atoms with Crippen molar-refractivity contribution in [1.82, 2.24) is 0 Å². The van der Waals surface area contributed by atoms with Crippen LogP contribution in [0.5, 0.6) is 5.75 Å². The Morgan fingerprint density at radius 3 is 2.24 bits per heavy atom. The van der Waals surface area contributed by atoms with Gasteiger partial charge in [0, 0.05) is 22.3 Å². The molecule has 0 aliphatic heterocycles. The minimum Gasteiger partial charge on any atom is -0.495 e. The summed E-state index contributed by atoms with van der Waals surface area (Å²) in [7, 11) is 1.54. The quantitative estimate of drug-likeness (QED) is 0.175. The number of carbonyl (C=O) groups excluding carboxylic acids is 2. The van der Waals surface area contributed by atoms with Gasteiger partial charge in [-0.3, -0.25) is 9.59 Å². The summed E-state index contributed by atoms with van der Waals surface area (Å²) in [5, 5.41) is 5.71. The molecular weight excluding hydrogens is 504 g/mol. The summed E-state index contributed by atoms with van der Waals surface area (Å²) >= 11 is 7.63. The molecule has 0 saturated carbocycles. The van der Waals surface area contributed by atoms with Crippen molar-refractivity contribution in [3.8, 4) is 5.75 Å². The molecule has 0 radical (unpaired) electrons. The molecule has 1 atom stereocenters. The summed E-state index contributed by atoms with van der Waals surface area (Å²) in [5.74, 6) is 0.100. The maximum Gasteiger partial charge on any atom is 0.248 e. The number of amides is 2. The summed E-state index contributed by atoms with van der Waals surface area (Å²) < 4.78 is 5.19. The highest BCUT2D eigenvalue weighted by molar-refractivity contribution is 8.00. The van der Waals surface area contributed by atoms with E-state index in [9.17, 15) is 9.59 Å². The number of nitrogens with one attached hydrogen (secondary N) is 2. The summed E-state index contributed by atoms with van der Waals surface area (Å²) in [6, 6.07) is 31.7. The van der Waals surface area contributed by atoms with Gasteiger partial charge >= 0.3 is 0 Å². The van der Waals surface area contributed by atoms with Crippen molar-refractivity contribution in [1.29, 1.82) is 0 Å². The third kappa shape index (κ3) is 7.49. The summed E-state index contributed by atoms with van der Waals surface area (Å²) in [6.45, 7) is 0. The van der Waals surface area contributed by atoms with Gasteiger partial charge in [0.1, 0.15) is 11.0 Å². The highest BCUT2D eigenvalue weighted by Crippen LogP contribution is 2.37. The minimum atomic E-state index is -0.536. The predicted octanol–water partition coefficient (Wildman–Crippen LogP) is 7.47. The van der Waals surface area contributed by atoms with E-state index in [2.05, 4.69) is 10.6 Å². The van der Waals surface area contributed by atoms with Crippen LogP contribution in [0.4, 0.5) is 11.4 Å². The van der Waals surface area contributed by atoms with Crippen molar-refractivity contribution in [2.24, 2.45) is 0 Å². The molecule has 2 amide bonds. The zero-order valence-corrected chi connectivity index (χ0v) is 21.6. The summed E-state index contributed by atoms with van der Waals surface area (Å²) in [6.07, 6.45) is 3.25. The monoisotopic (exact) mass is 528 g/mol. The van der Waals surface area contributed by atoms with Crippen molar-refractivity contribution < 1.29 is 14.3 Å². The van der Waals surface area contributed by atoms with Crippen LogP contribution in [-0.4, -0.2) is 18.9 Å². The highest BCUT2D eigenvalue weighted by atomic mass is 35.5. The van der Waals surface area contributed by atoms with Crippen molar-refractivity contribution in [2.45, 2.75) is 10.1 Å². The third-order valence-electron chi connectivity index (χ3n) is 5.34. The Bertz CT molecular complexity index is 1390. The largest absolute Gasteiger partial charge is 0.495 e. The Hall–Kier alpha value is -4.00. The normalized spacial score (nSPS) is 11.6. The highest BCUT2D eigenvalue weighted by Gasteiger charge is 2.22. The molecule has 4 aromatic rings. The van der Waals surface area contributed by atoms with Crippen LogP contribution < -0.4 is 15.4 Å². The molecule has 5 nitrogen and oxygen atoms in total. The molecule has 1 unspecified atom stereocenters. The molecule has 7 heteroatoms. The molecular formula is C30H25ClN2O3S. The van der Waals surface area contributed by atoms with Crippen LogP contribution in [0.2, 0.25) is 5.02 Å². The van der Waals surface area contributed by atoms with Crippen molar-refractivity contribution >= 4 is 52.6 Å². The number of halogens is 1. The Morgan fingerprint density at radius 2 is 1.54 bits per heavy atom. The van der Waals surface area contributed by atoms with Crippen LogP contribution >= 0.6 is 23.4 Å². The third-order valence-corrected chi connectivity index (χ3v) is 6.89. The lowest BCUT2D eigenvalue weighted by Gasteiger charge is -2.18. The molecule has 0 aromatic heterocycles. The number of ether oxygens (including phenoxy) is 1. The van der Waals surface area contributed by atoms with Crippen LogP contribution in [0, 0.1) is 0 Å². The second kappa shape index (κ2) is 12.8. The van der Waals surface area contributed by atoms with Crippen molar-refractivity contribution in [3.63, 3.8) is 0 Å². The number of thioether (sulfide) groups is 1. The lowest BCUT2D eigenvalue weighted by molar-refractivity contribution is -0.116. The number of anilines is 2. The van der Waals surface area contributed by atoms with E-state index in [0.29, 0.717) is 22.1 Å². The molecule has 4 aromatic carbocycles. The second-order valence-corrected chi connectivity index (χ2v) is 9.59. The fraction of sp³-hybridized carbons (Fsp3) is 0.0667. The van der Waals surface area contributed by atoms with Gasteiger partial charge in [-0.1, -0.05) is 78.3 Å². The zero-order chi connectivity index (χ0) is 26.0. The maximum atomic E-state index is 13.4. The van der Waals surface area contributed by atoms with E-state index in [1.54, 1.807) is 24.3 Å². The number of hydrogen-bond acceptors (Lipinski definition) is 4. The maximum absolute atomic E-state index is 13.4. The second-order valence-electron chi connectivity index (χ2n) is 8.01. The molecule has 0 bridgehead atoms. The van der Waals surface area contributed by atoms with Gasteiger partial charge in [-0.05, 0) is 53.6 Å². The fourth-order valence-electron chi connectivity index (χ4n) is 3.56. The molecule has 0 heterocycles. The van der Waals surface area contributed by atoms with Gasteiger partial charge in [0.15, 0.2) is 0 Å². The molecule has 2 N–H and O–H groups in total. The molecule has 186 valence electrons.